The summed E-state index contributed by atoms with van der Waals surface area (Å²) in [7, 11) is 2.94. The molecule has 196 valence electrons. The van der Waals surface area contributed by atoms with E-state index in [1.165, 1.54) is 88.9 Å². The highest BCUT2D eigenvalue weighted by Gasteiger charge is 2.19. The van der Waals surface area contributed by atoms with Crippen LogP contribution >= 0.6 is 0 Å². The minimum absolute atomic E-state index is 0.0151. The van der Waals surface area contributed by atoms with Crippen LogP contribution in [0, 0.1) is 0 Å². The fourth-order valence-electron chi connectivity index (χ4n) is 3.90. The SMILES string of the molecule is CCCCCCCC/C=C\CCCCCCCC(=O)N(C)c1ccc(OC(C)=O)c(C(=O)OC)c1. The first-order valence-corrected chi connectivity index (χ1v) is 13.2. The second-order valence-electron chi connectivity index (χ2n) is 9.05. The molecule has 0 fully saturated rings. The molecule has 0 unspecified atom stereocenters. The molecule has 1 aromatic rings. The van der Waals surface area contributed by atoms with Crippen LogP contribution in [0.15, 0.2) is 30.4 Å². The highest BCUT2D eigenvalue weighted by atomic mass is 16.5. The number of unbranched alkanes of at least 4 members (excludes halogenated alkanes) is 11. The van der Waals surface area contributed by atoms with E-state index in [2.05, 4.69) is 19.1 Å². The third kappa shape index (κ3) is 13.1. The van der Waals surface area contributed by atoms with Crippen LogP contribution < -0.4 is 9.64 Å². The number of allylic oxidation sites excluding steroid dienone is 2. The Morgan fingerprint density at radius 1 is 0.857 bits per heavy atom. The molecule has 0 saturated heterocycles. The summed E-state index contributed by atoms with van der Waals surface area (Å²) in [4.78, 5) is 37.5. The predicted molar refractivity (Wildman–Crippen MR) is 142 cm³/mol. The number of hydrogen-bond donors (Lipinski definition) is 0. The first-order chi connectivity index (χ1) is 16.9. The molecule has 1 aromatic carbocycles. The number of ether oxygens (including phenoxy) is 2. The molecule has 6 heteroatoms. The van der Waals surface area contributed by atoms with Gasteiger partial charge in [-0.05, 0) is 50.3 Å². The number of methoxy groups -OCH3 is 1. The molecule has 0 heterocycles. The number of rotatable bonds is 18. The van der Waals surface area contributed by atoms with Crippen molar-refractivity contribution in [1.29, 1.82) is 0 Å². The molecule has 0 atom stereocenters. The Bertz CT molecular complexity index is 802. The fourth-order valence-corrected chi connectivity index (χ4v) is 3.90. The molecule has 0 radical (unpaired) electrons. The number of esters is 2. The summed E-state index contributed by atoms with van der Waals surface area (Å²) >= 11 is 0. The standard InChI is InChI=1S/C29H45NO5/c1-5-6-7-8-9-10-11-12-13-14-15-16-17-18-19-20-28(32)30(3)25-21-22-27(35-24(2)31)26(23-25)29(33)34-4/h12-13,21-23H,5-11,14-20H2,1-4H3/b13-12-. The van der Waals surface area contributed by atoms with Gasteiger partial charge >= 0.3 is 11.9 Å². The van der Waals surface area contributed by atoms with Gasteiger partial charge < -0.3 is 14.4 Å². The Morgan fingerprint density at radius 2 is 1.43 bits per heavy atom. The molecular weight excluding hydrogens is 442 g/mol. The molecule has 1 rings (SSSR count). The quantitative estimate of drug-likeness (QED) is 0.0933. The maximum atomic E-state index is 12.6. The van der Waals surface area contributed by atoms with Gasteiger partial charge in [0, 0.05) is 26.1 Å². The Hall–Kier alpha value is -2.63. The molecule has 35 heavy (non-hydrogen) atoms. The van der Waals surface area contributed by atoms with Crippen LogP contribution in [-0.4, -0.2) is 32.0 Å². The van der Waals surface area contributed by atoms with E-state index >= 15 is 0 Å². The van der Waals surface area contributed by atoms with E-state index in [4.69, 9.17) is 9.47 Å². The van der Waals surface area contributed by atoms with Crippen molar-refractivity contribution >= 4 is 23.5 Å². The van der Waals surface area contributed by atoms with Crippen molar-refractivity contribution in [1.82, 2.24) is 0 Å². The predicted octanol–water partition coefficient (Wildman–Crippen LogP) is 7.40. The van der Waals surface area contributed by atoms with Crippen LogP contribution in [0.4, 0.5) is 5.69 Å². The lowest BCUT2D eigenvalue weighted by Gasteiger charge is -2.19. The smallest absolute Gasteiger partial charge is 0.341 e. The van der Waals surface area contributed by atoms with Crippen LogP contribution in [0.3, 0.4) is 0 Å². The van der Waals surface area contributed by atoms with Gasteiger partial charge in [-0.2, -0.15) is 0 Å². The van der Waals surface area contributed by atoms with Crippen LogP contribution in [0.1, 0.15) is 114 Å². The van der Waals surface area contributed by atoms with Gasteiger partial charge in [-0.15, -0.1) is 0 Å². The zero-order valence-corrected chi connectivity index (χ0v) is 22.3. The molecule has 6 nitrogen and oxygen atoms in total. The molecule has 0 saturated carbocycles. The maximum absolute atomic E-state index is 12.6. The Morgan fingerprint density at radius 3 is 2.00 bits per heavy atom. The number of carbonyl (C=O) groups is 3. The van der Waals surface area contributed by atoms with E-state index in [9.17, 15) is 14.4 Å². The number of nitrogens with zero attached hydrogens (tertiary/aromatic N) is 1. The van der Waals surface area contributed by atoms with Gasteiger partial charge in [0.1, 0.15) is 11.3 Å². The van der Waals surface area contributed by atoms with Crippen molar-refractivity contribution < 1.29 is 23.9 Å². The lowest BCUT2D eigenvalue weighted by atomic mass is 10.1. The largest absolute Gasteiger partial charge is 0.465 e. The summed E-state index contributed by atoms with van der Waals surface area (Å²) in [5, 5.41) is 0. The zero-order valence-electron chi connectivity index (χ0n) is 22.3. The number of hydrogen-bond acceptors (Lipinski definition) is 5. The van der Waals surface area contributed by atoms with E-state index in [1.807, 2.05) is 0 Å². The van der Waals surface area contributed by atoms with Crippen molar-refractivity contribution in [3.63, 3.8) is 0 Å². The Kier molecular flexibility index (Phi) is 16.2. The molecule has 0 aliphatic carbocycles. The number of anilines is 1. The molecule has 0 spiro atoms. The number of amides is 1. The van der Waals surface area contributed by atoms with Gasteiger partial charge in [0.05, 0.1) is 7.11 Å². The first-order valence-electron chi connectivity index (χ1n) is 13.2. The van der Waals surface area contributed by atoms with Gasteiger partial charge in [-0.1, -0.05) is 70.4 Å². The second-order valence-corrected chi connectivity index (χ2v) is 9.05. The van der Waals surface area contributed by atoms with E-state index in [0.717, 1.165) is 25.7 Å². The molecule has 0 aliphatic heterocycles. The average Bonchev–Trinajstić information content (AvgIpc) is 2.85. The highest BCUT2D eigenvalue weighted by Crippen LogP contribution is 2.26. The van der Waals surface area contributed by atoms with Crippen molar-refractivity contribution in [3.05, 3.63) is 35.9 Å². The van der Waals surface area contributed by atoms with Gasteiger partial charge in [0.2, 0.25) is 5.91 Å². The topological polar surface area (TPSA) is 72.9 Å². The highest BCUT2D eigenvalue weighted by molar-refractivity contribution is 5.98. The summed E-state index contributed by atoms with van der Waals surface area (Å²) < 4.78 is 9.85. The third-order valence-corrected chi connectivity index (χ3v) is 6.04. The van der Waals surface area contributed by atoms with Crippen molar-refractivity contribution in [2.75, 3.05) is 19.1 Å². The van der Waals surface area contributed by atoms with Gasteiger partial charge in [-0.25, -0.2) is 4.79 Å². The number of carbonyl (C=O) groups excluding carboxylic acids is 3. The maximum Gasteiger partial charge on any atom is 0.341 e. The monoisotopic (exact) mass is 487 g/mol. The fraction of sp³-hybridized carbons (Fsp3) is 0.621. The summed E-state index contributed by atoms with van der Waals surface area (Å²) in [5.41, 5.74) is 0.667. The van der Waals surface area contributed by atoms with Crippen LogP contribution in [0.5, 0.6) is 5.75 Å². The Labute approximate surface area is 212 Å². The average molecular weight is 488 g/mol. The zero-order chi connectivity index (χ0) is 25.9. The van der Waals surface area contributed by atoms with Crippen molar-refractivity contribution in [2.24, 2.45) is 0 Å². The van der Waals surface area contributed by atoms with Crippen molar-refractivity contribution in [3.8, 4) is 5.75 Å². The summed E-state index contributed by atoms with van der Waals surface area (Å²) in [5.74, 6) is -1.05. The second kappa shape index (κ2) is 18.7. The molecule has 0 bridgehead atoms. The summed E-state index contributed by atoms with van der Waals surface area (Å²) in [6, 6.07) is 4.68. The third-order valence-electron chi connectivity index (χ3n) is 6.04. The Balaban J connectivity index is 2.26. The molecule has 0 N–H and O–H groups in total. The lowest BCUT2D eigenvalue weighted by molar-refractivity contribution is -0.131. The lowest BCUT2D eigenvalue weighted by Crippen LogP contribution is -2.26. The van der Waals surface area contributed by atoms with Gasteiger partial charge in [0.15, 0.2) is 0 Å². The van der Waals surface area contributed by atoms with Crippen LogP contribution in [-0.2, 0) is 14.3 Å². The summed E-state index contributed by atoms with van der Waals surface area (Å²) in [6.45, 7) is 3.51. The molecule has 1 amide bonds. The van der Waals surface area contributed by atoms with Gasteiger partial charge in [0.25, 0.3) is 0 Å². The first kappa shape index (κ1) is 30.4. The minimum Gasteiger partial charge on any atom is -0.465 e. The van der Waals surface area contributed by atoms with Gasteiger partial charge in [-0.3, -0.25) is 9.59 Å². The molecule has 0 aromatic heterocycles. The van der Waals surface area contributed by atoms with Crippen LogP contribution in [0.25, 0.3) is 0 Å². The summed E-state index contributed by atoms with van der Waals surface area (Å²) in [6.07, 6.45) is 20.9. The van der Waals surface area contributed by atoms with E-state index in [-0.39, 0.29) is 17.2 Å². The van der Waals surface area contributed by atoms with Crippen molar-refractivity contribution in [2.45, 2.75) is 104 Å². The minimum atomic E-state index is -0.624. The number of benzene rings is 1. The van der Waals surface area contributed by atoms with E-state index < -0.39 is 11.9 Å². The van der Waals surface area contributed by atoms with E-state index in [1.54, 1.807) is 13.1 Å². The van der Waals surface area contributed by atoms with E-state index in [0.29, 0.717) is 12.1 Å². The van der Waals surface area contributed by atoms with Crippen LogP contribution in [0.2, 0.25) is 0 Å². The molecule has 0 aliphatic rings. The molecular formula is C29H45NO5. The normalized spacial score (nSPS) is 11.0.